The third kappa shape index (κ3) is 1.28. The zero-order valence-electron chi connectivity index (χ0n) is 5.42. The standard InChI is InChI=1S/C6H10N2O/c1-2-5-3-6(4-9)8-7-5/h4,6,8H,2-3H2,1H3. The predicted octanol–water partition coefficient (Wildman–Crippen LogP) is 0.313. The molecule has 0 amide bonds. The van der Waals surface area contributed by atoms with Crippen LogP contribution in [0.25, 0.3) is 0 Å². The van der Waals surface area contributed by atoms with E-state index in [2.05, 4.69) is 10.5 Å². The van der Waals surface area contributed by atoms with Crippen molar-refractivity contribution in [2.45, 2.75) is 25.8 Å². The van der Waals surface area contributed by atoms with Gasteiger partial charge < -0.3 is 4.79 Å². The number of hydrogen-bond acceptors (Lipinski definition) is 3. The lowest BCUT2D eigenvalue weighted by molar-refractivity contribution is -0.109. The molecule has 1 rings (SSSR count). The van der Waals surface area contributed by atoms with E-state index in [1.54, 1.807) is 0 Å². The highest BCUT2D eigenvalue weighted by Crippen LogP contribution is 2.02. The normalized spacial score (nSPS) is 25.0. The smallest absolute Gasteiger partial charge is 0.144 e. The molecule has 0 aromatic carbocycles. The number of nitrogens with zero attached hydrogens (tertiary/aromatic N) is 1. The molecule has 3 nitrogen and oxygen atoms in total. The largest absolute Gasteiger partial charge is 0.301 e. The summed E-state index contributed by atoms with van der Waals surface area (Å²) in [5.74, 6) is 0. The fourth-order valence-corrected chi connectivity index (χ4v) is 0.821. The Kier molecular flexibility index (Phi) is 1.82. The van der Waals surface area contributed by atoms with Gasteiger partial charge in [-0.2, -0.15) is 5.10 Å². The Bertz CT molecular complexity index is 142. The van der Waals surface area contributed by atoms with Gasteiger partial charge in [0.25, 0.3) is 0 Å². The quantitative estimate of drug-likeness (QED) is 0.541. The van der Waals surface area contributed by atoms with Crippen molar-refractivity contribution in [3.63, 3.8) is 0 Å². The molecule has 0 aromatic rings. The van der Waals surface area contributed by atoms with Crippen LogP contribution in [-0.4, -0.2) is 18.0 Å². The van der Waals surface area contributed by atoms with E-state index < -0.39 is 0 Å². The summed E-state index contributed by atoms with van der Waals surface area (Å²) >= 11 is 0. The van der Waals surface area contributed by atoms with Crippen LogP contribution >= 0.6 is 0 Å². The lowest BCUT2D eigenvalue weighted by Gasteiger charge is -1.95. The number of nitrogens with one attached hydrogen (secondary N) is 1. The van der Waals surface area contributed by atoms with Gasteiger partial charge in [0, 0.05) is 12.1 Å². The molecule has 0 spiro atoms. The zero-order chi connectivity index (χ0) is 6.69. The first-order valence-corrected chi connectivity index (χ1v) is 3.13. The summed E-state index contributed by atoms with van der Waals surface area (Å²) in [6, 6.07) is -0.0556. The van der Waals surface area contributed by atoms with Crippen molar-refractivity contribution >= 4 is 12.0 Å². The fraction of sp³-hybridized carbons (Fsp3) is 0.667. The third-order valence-corrected chi connectivity index (χ3v) is 1.42. The molecule has 0 aromatic heterocycles. The van der Waals surface area contributed by atoms with E-state index in [0.717, 1.165) is 24.8 Å². The van der Waals surface area contributed by atoms with Gasteiger partial charge in [-0.15, -0.1) is 0 Å². The topological polar surface area (TPSA) is 41.5 Å². The molecule has 50 valence electrons. The van der Waals surface area contributed by atoms with Gasteiger partial charge in [-0.1, -0.05) is 6.92 Å². The maximum absolute atomic E-state index is 10.1. The van der Waals surface area contributed by atoms with E-state index in [1.165, 1.54) is 0 Å². The van der Waals surface area contributed by atoms with Gasteiger partial charge in [-0.3, -0.25) is 5.43 Å². The Hall–Kier alpha value is -0.860. The summed E-state index contributed by atoms with van der Waals surface area (Å²) in [6.45, 7) is 2.04. The van der Waals surface area contributed by atoms with Gasteiger partial charge in [0.05, 0.1) is 0 Å². The third-order valence-electron chi connectivity index (χ3n) is 1.42. The second-order valence-electron chi connectivity index (χ2n) is 2.11. The molecular weight excluding hydrogens is 116 g/mol. The summed E-state index contributed by atoms with van der Waals surface area (Å²) in [7, 11) is 0. The lowest BCUT2D eigenvalue weighted by Crippen LogP contribution is -2.20. The minimum Gasteiger partial charge on any atom is -0.301 e. The predicted molar refractivity (Wildman–Crippen MR) is 35.3 cm³/mol. The molecule has 0 bridgehead atoms. The molecule has 1 N–H and O–H groups in total. The van der Waals surface area contributed by atoms with Crippen molar-refractivity contribution in [1.29, 1.82) is 0 Å². The molecular formula is C6H10N2O. The summed E-state index contributed by atoms with van der Waals surface area (Å²) in [5.41, 5.74) is 3.82. The number of carbonyl (C=O) groups is 1. The summed E-state index contributed by atoms with van der Waals surface area (Å²) < 4.78 is 0. The molecule has 1 atom stereocenters. The van der Waals surface area contributed by atoms with Gasteiger partial charge in [-0.05, 0) is 6.42 Å². The van der Waals surface area contributed by atoms with Crippen LogP contribution in [0, 0.1) is 0 Å². The van der Waals surface area contributed by atoms with Gasteiger partial charge in [0.15, 0.2) is 0 Å². The Morgan fingerprint density at radius 2 is 2.78 bits per heavy atom. The molecule has 0 aliphatic carbocycles. The SMILES string of the molecule is CCC1=NNC(C=O)C1. The highest BCUT2D eigenvalue weighted by molar-refractivity contribution is 5.88. The van der Waals surface area contributed by atoms with Crippen LogP contribution in [0.2, 0.25) is 0 Å². The van der Waals surface area contributed by atoms with Crippen LogP contribution < -0.4 is 5.43 Å². The maximum Gasteiger partial charge on any atom is 0.144 e. The highest BCUT2D eigenvalue weighted by Gasteiger charge is 2.14. The zero-order valence-corrected chi connectivity index (χ0v) is 5.42. The molecule has 1 unspecified atom stereocenters. The van der Waals surface area contributed by atoms with Crippen molar-refractivity contribution in [2.75, 3.05) is 0 Å². The molecule has 1 heterocycles. The second kappa shape index (κ2) is 2.62. The summed E-state index contributed by atoms with van der Waals surface area (Å²) in [4.78, 5) is 10.1. The molecule has 9 heavy (non-hydrogen) atoms. The van der Waals surface area contributed by atoms with Crippen LogP contribution in [-0.2, 0) is 4.79 Å². The van der Waals surface area contributed by atoms with Crippen LogP contribution in [0.5, 0.6) is 0 Å². The van der Waals surface area contributed by atoms with Crippen LogP contribution in [0.1, 0.15) is 19.8 Å². The fourth-order valence-electron chi connectivity index (χ4n) is 0.821. The Labute approximate surface area is 54.1 Å². The van der Waals surface area contributed by atoms with Crippen molar-refractivity contribution in [3.05, 3.63) is 0 Å². The van der Waals surface area contributed by atoms with E-state index in [4.69, 9.17) is 0 Å². The molecule has 1 aliphatic heterocycles. The number of hydrazone groups is 1. The molecule has 0 saturated heterocycles. The number of aldehydes is 1. The Balaban J connectivity index is 2.39. The van der Waals surface area contributed by atoms with Gasteiger partial charge >= 0.3 is 0 Å². The Morgan fingerprint density at radius 3 is 3.11 bits per heavy atom. The van der Waals surface area contributed by atoms with Crippen molar-refractivity contribution in [1.82, 2.24) is 5.43 Å². The first kappa shape index (κ1) is 6.26. The molecule has 0 fully saturated rings. The number of rotatable bonds is 2. The van der Waals surface area contributed by atoms with E-state index in [-0.39, 0.29) is 6.04 Å². The number of carbonyl (C=O) groups excluding carboxylic acids is 1. The van der Waals surface area contributed by atoms with E-state index in [9.17, 15) is 4.79 Å². The molecule has 3 heteroatoms. The van der Waals surface area contributed by atoms with E-state index in [1.807, 2.05) is 6.92 Å². The average molecular weight is 126 g/mol. The lowest BCUT2D eigenvalue weighted by atomic mass is 10.1. The summed E-state index contributed by atoms with van der Waals surface area (Å²) in [6.07, 6.45) is 2.63. The first-order chi connectivity index (χ1) is 4.36. The monoisotopic (exact) mass is 126 g/mol. The average Bonchev–Trinajstić information content (AvgIpc) is 2.34. The van der Waals surface area contributed by atoms with E-state index >= 15 is 0 Å². The maximum atomic E-state index is 10.1. The van der Waals surface area contributed by atoms with Crippen molar-refractivity contribution in [3.8, 4) is 0 Å². The number of hydrogen-bond donors (Lipinski definition) is 1. The Morgan fingerprint density at radius 1 is 2.00 bits per heavy atom. The van der Waals surface area contributed by atoms with Crippen LogP contribution in [0.3, 0.4) is 0 Å². The van der Waals surface area contributed by atoms with Crippen LogP contribution in [0.15, 0.2) is 5.10 Å². The molecule has 0 saturated carbocycles. The van der Waals surface area contributed by atoms with Crippen molar-refractivity contribution < 1.29 is 4.79 Å². The first-order valence-electron chi connectivity index (χ1n) is 3.13. The van der Waals surface area contributed by atoms with E-state index in [0.29, 0.717) is 0 Å². The van der Waals surface area contributed by atoms with Crippen LogP contribution in [0.4, 0.5) is 0 Å². The minimum atomic E-state index is -0.0556. The summed E-state index contributed by atoms with van der Waals surface area (Å²) in [5, 5.41) is 3.94. The molecule has 1 aliphatic rings. The second-order valence-corrected chi connectivity index (χ2v) is 2.11. The van der Waals surface area contributed by atoms with Gasteiger partial charge in [-0.25, -0.2) is 0 Å². The van der Waals surface area contributed by atoms with Gasteiger partial charge in [0.1, 0.15) is 12.3 Å². The van der Waals surface area contributed by atoms with Crippen molar-refractivity contribution in [2.24, 2.45) is 5.10 Å². The highest BCUT2D eigenvalue weighted by atomic mass is 16.1. The van der Waals surface area contributed by atoms with Gasteiger partial charge in [0.2, 0.25) is 0 Å². The minimum absolute atomic E-state index is 0.0556. The molecule has 0 radical (unpaired) electrons.